The molecule has 2 aromatic rings. The van der Waals surface area contributed by atoms with E-state index in [2.05, 4.69) is 22.9 Å². The highest BCUT2D eigenvalue weighted by Gasteiger charge is 2.08. The van der Waals surface area contributed by atoms with Gasteiger partial charge in [-0.3, -0.25) is 4.79 Å². The predicted octanol–water partition coefficient (Wildman–Crippen LogP) is 2.44. The van der Waals surface area contributed by atoms with E-state index in [4.69, 9.17) is 4.42 Å². The summed E-state index contributed by atoms with van der Waals surface area (Å²) in [5.74, 6) is 1.27. The average molecular weight is 276 g/mol. The fourth-order valence-electron chi connectivity index (χ4n) is 1.65. The van der Waals surface area contributed by atoms with Crippen LogP contribution in [0.5, 0.6) is 0 Å². The molecule has 0 radical (unpaired) electrons. The van der Waals surface area contributed by atoms with E-state index < -0.39 is 0 Å². The number of carbonyl (C=O) groups is 1. The summed E-state index contributed by atoms with van der Waals surface area (Å²) in [6.07, 6.45) is 0.340. The molecule has 0 aliphatic carbocycles. The van der Waals surface area contributed by atoms with Crippen molar-refractivity contribution < 1.29 is 9.21 Å². The molecule has 0 saturated heterocycles. The number of thiol groups is 1. The molecule has 0 unspecified atom stereocenters. The number of oxazole rings is 1. The maximum Gasteiger partial charge on any atom is 0.224 e. The van der Waals surface area contributed by atoms with Crippen LogP contribution >= 0.6 is 12.6 Å². The molecule has 0 spiro atoms. The fraction of sp³-hybridized carbons (Fsp3) is 0.286. The molecule has 2 rings (SSSR count). The van der Waals surface area contributed by atoms with E-state index in [0.29, 0.717) is 18.9 Å². The second-order valence-electron chi connectivity index (χ2n) is 4.37. The molecule has 0 fully saturated rings. The number of aromatic nitrogens is 1. The van der Waals surface area contributed by atoms with E-state index >= 15 is 0 Å². The van der Waals surface area contributed by atoms with Gasteiger partial charge in [0, 0.05) is 4.90 Å². The summed E-state index contributed by atoms with van der Waals surface area (Å²) >= 11 is 4.20. The van der Waals surface area contributed by atoms with Crippen LogP contribution in [-0.4, -0.2) is 10.9 Å². The molecule has 4 nitrogen and oxygen atoms in total. The summed E-state index contributed by atoms with van der Waals surface area (Å²) in [6, 6.07) is 7.52. The second-order valence-corrected chi connectivity index (χ2v) is 4.89. The number of benzene rings is 1. The minimum atomic E-state index is -0.0552. The number of aryl methyl sites for hydroxylation is 2. The molecule has 0 aliphatic heterocycles. The Hall–Kier alpha value is -1.75. The number of rotatable bonds is 4. The van der Waals surface area contributed by atoms with Crippen LogP contribution in [-0.2, 0) is 17.8 Å². The van der Waals surface area contributed by atoms with Gasteiger partial charge in [-0.1, -0.05) is 12.1 Å². The lowest BCUT2D eigenvalue weighted by Crippen LogP contribution is -2.24. The van der Waals surface area contributed by atoms with Crippen LogP contribution < -0.4 is 5.32 Å². The molecule has 1 aromatic carbocycles. The van der Waals surface area contributed by atoms with Crippen molar-refractivity contribution in [3.63, 3.8) is 0 Å². The molecule has 1 N–H and O–H groups in total. The van der Waals surface area contributed by atoms with Gasteiger partial charge in [0.2, 0.25) is 11.8 Å². The van der Waals surface area contributed by atoms with Crippen LogP contribution in [0.4, 0.5) is 0 Å². The van der Waals surface area contributed by atoms with Crippen molar-refractivity contribution in [3.8, 4) is 0 Å². The fourth-order valence-corrected chi connectivity index (χ4v) is 1.80. The molecule has 0 atom stereocenters. The van der Waals surface area contributed by atoms with E-state index in [-0.39, 0.29) is 5.91 Å². The van der Waals surface area contributed by atoms with E-state index in [1.165, 1.54) is 0 Å². The van der Waals surface area contributed by atoms with Crippen LogP contribution in [0, 0.1) is 13.8 Å². The van der Waals surface area contributed by atoms with Crippen LogP contribution in [0.3, 0.4) is 0 Å². The molecule has 1 amide bonds. The predicted molar refractivity (Wildman–Crippen MR) is 75.2 cm³/mol. The highest BCUT2D eigenvalue weighted by atomic mass is 32.1. The third-order valence-corrected chi connectivity index (χ3v) is 3.11. The number of carbonyl (C=O) groups excluding carboxylic acids is 1. The van der Waals surface area contributed by atoms with Crippen LogP contribution in [0.2, 0.25) is 0 Å². The topological polar surface area (TPSA) is 55.1 Å². The molecule has 1 heterocycles. The molecule has 100 valence electrons. The smallest absolute Gasteiger partial charge is 0.224 e. The van der Waals surface area contributed by atoms with Gasteiger partial charge < -0.3 is 9.73 Å². The van der Waals surface area contributed by atoms with Crippen molar-refractivity contribution in [1.82, 2.24) is 10.3 Å². The van der Waals surface area contributed by atoms with Gasteiger partial charge >= 0.3 is 0 Å². The van der Waals surface area contributed by atoms with E-state index in [1.807, 2.05) is 38.1 Å². The quantitative estimate of drug-likeness (QED) is 0.843. The summed E-state index contributed by atoms with van der Waals surface area (Å²) in [4.78, 5) is 16.9. The monoisotopic (exact) mass is 276 g/mol. The van der Waals surface area contributed by atoms with Crippen molar-refractivity contribution in [1.29, 1.82) is 0 Å². The van der Waals surface area contributed by atoms with Crippen LogP contribution in [0.25, 0.3) is 0 Å². The Morgan fingerprint density at radius 2 is 2.00 bits per heavy atom. The van der Waals surface area contributed by atoms with Gasteiger partial charge in [0.1, 0.15) is 5.76 Å². The number of nitrogens with zero attached hydrogens (tertiary/aromatic N) is 1. The summed E-state index contributed by atoms with van der Waals surface area (Å²) in [7, 11) is 0. The first kappa shape index (κ1) is 13.7. The van der Waals surface area contributed by atoms with Gasteiger partial charge in [-0.15, -0.1) is 12.6 Å². The standard InChI is InChI=1S/C14H16N2O2S/c1-9-10(2)18-14(16-9)8-15-13(17)7-11-3-5-12(19)6-4-11/h3-6,19H,7-8H2,1-2H3,(H,15,17). The zero-order chi connectivity index (χ0) is 13.8. The van der Waals surface area contributed by atoms with E-state index in [0.717, 1.165) is 21.9 Å². The van der Waals surface area contributed by atoms with Gasteiger partial charge in [0.25, 0.3) is 0 Å². The zero-order valence-corrected chi connectivity index (χ0v) is 11.8. The Morgan fingerprint density at radius 3 is 2.58 bits per heavy atom. The van der Waals surface area contributed by atoms with Crippen molar-refractivity contribution in [2.45, 2.75) is 31.7 Å². The van der Waals surface area contributed by atoms with Gasteiger partial charge in [0.15, 0.2) is 0 Å². The maximum absolute atomic E-state index is 11.8. The van der Waals surface area contributed by atoms with Gasteiger partial charge in [-0.25, -0.2) is 4.98 Å². The largest absolute Gasteiger partial charge is 0.444 e. The number of nitrogens with one attached hydrogen (secondary N) is 1. The first-order valence-corrected chi connectivity index (χ1v) is 6.47. The minimum Gasteiger partial charge on any atom is -0.444 e. The third kappa shape index (κ3) is 3.86. The number of hydrogen-bond donors (Lipinski definition) is 2. The molecule has 5 heteroatoms. The second kappa shape index (κ2) is 5.93. The summed E-state index contributed by atoms with van der Waals surface area (Å²) in [6.45, 7) is 4.05. The molecule has 0 aliphatic rings. The SMILES string of the molecule is Cc1nc(CNC(=O)Cc2ccc(S)cc2)oc1C. The molecular weight excluding hydrogens is 260 g/mol. The highest BCUT2D eigenvalue weighted by Crippen LogP contribution is 2.09. The van der Waals surface area contributed by atoms with Crippen molar-refractivity contribution >= 4 is 18.5 Å². The van der Waals surface area contributed by atoms with E-state index in [9.17, 15) is 4.79 Å². The summed E-state index contributed by atoms with van der Waals surface area (Å²) < 4.78 is 5.39. The Labute approximate surface area is 117 Å². The first-order chi connectivity index (χ1) is 9.04. The van der Waals surface area contributed by atoms with Crippen molar-refractivity contribution in [3.05, 3.63) is 47.2 Å². The molecule has 19 heavy (non-hydrogen) atoms. The minimum absolute atomic E-state index is 0.0552. The normalized spacial score (nSPS) is 10.5. The Kier molecular flexibility index (Phi) is 4.27. The Balaban J connectivity index is 1.86. The Bertz CT molecular complexity index is 556. The Morgan fingerprint density at radius 1 is 1.32 bits per heavy atom. The third-order valence-electron chi connectivity index (χ3n) is 2.81. The van der Waals surface area contributed by atoms with Crippen molar-refractivity contribution in [2.24, 2.45) is 0 Å². The van der Waals surface area contributed by atoms with Crippen molar-refractivity contribution in [2.75, 3.05) is 0 Å². The van der Waals surface area contributed by atoms with Gasteiger partial charge in [0.05, 0.1) is 18.7 Å². The number of amides is 1. The highest BCUT2D eigenvalue weighted by molar-refractivity contribution is 7.80. The lowest BCUT2D eigenvalue weighted by molar-refractivity contribution is -0.120. The molecular formula is C14H16N2O2S. The molecule has 1 aromatic heterocycles. The number of hydrogen-bond acceptors (Lipinski definition) is 4. The van der Waals surface area contributed by atoms with E-state index in [1.54, 1.807) is 0 Å². The summed E-state index contributed by atoms with van der Waals surface area (Å²) in [5, 5.41) is 2.79. The molecule has 0 bridgehead atoms. The van der Waals surface area contributed by atoms with Crippen LogP contribution in [0.1, 0.15) is 22.9 Å². The van der Waals surface area contributed by atoms with Gasteiger partial charge in [-0.05, 0) is 31.5 Å². The lowest BCUT2D eigenvalue weighted by Gasteiger charge is -2.03. The maximum atomic E-state index is 11.8. The first-order valence-electron chi connectivity index (χ1n) is 6.02. The van der Waals surface area contributed by atoms with Gasteiger partial charge in [-0.2, -0.15) is 0 Å². The van der Waals surface area contributed by atoms with Crippen LogP contribution in [0.15, 0.2) is 33.6 Å². The summed E-state index contributed by atoms with van der Waals surface area (Å²) in [5.41, 5.74) is 1.81. The molecule has 0 saturated carbocycles. The zero-order valence-electron chi connectivity index (χ0n) is 10.9. The average Bonchev–Trinajstić information content (AvgIpc) is 2.69. The lowest BCUT2D eigenvalue weighted by atomic mass is 10.1.